The molecule has 1 saturated heterocycles. The summed E-state index contributed by atoms with van der Waals surface area (Å²) in [6.45, 7) is 0.551. The lowest BCUT2D eigenvalue weighted by Gasteiger charge is -2.26. The van der Waals surface area contributed by atoms with E-state index in [1.807, 2.05) is 30.3 Å². The Kier molecular flexibility index (Phi) is 3.01. The van der Waals surface area contributed by atoms with E-state index in [0.717, 1.165) is 24.8 Å². The number of carbonyl (C=O) groups is 2. The highest BCUT2D eigenvalue weighted by atomic mass is 16.2. The molecular formula is C15H18N2O2. The number of amides is 2. The highest BCUT2D eigenvalue weighted by Crippen LogP contribution is 2.48. The summed E-state index contributed by atoms with van der Waals surface area (Å²) in [4.78, 5) is 23.6. The summed E-state index contributed by atoms with van der Waals surface area (Å²) in [7, 11) is 0. The molecule has 100 valence electrons. The van der Waals surface area contributed by atoms with Gasteiger partial charge in [-0.2, -0.15) is 0 Å². The van der Waals surface area contributed by atoms with Crippen molar-refractivity contribution < 1.29 is 9.59 Å². The summed E-state index contributed by atoms with van der Waals surface area (Å²) in [5, 5.41) is 5.88. The first-order chi connectivity index (χ1) is 9.21. The molecule has 1 aromatic carbocycles. The van der Waals surface area contributed by atoms with Gasteiger partial charge >= 0.3 is 0 Å². The lowest BCUT2D eigenvalue weighted by Crippen LogP contribution is -2.50. The van der Waals surface area contributed by atoms with Crippen LogP contribution in [0.3, 0.4) is 0 Å². The highest BCUT2D eigenvalue weighted by Gasteiger charge is 2.51. The maximum Gasteiger partial charge on any atom is 0.230 e. The molecule has 0 radical (unpaired) electrons. The third-order valence-corrected chi connectivity index (χ3v) is 4.11. The maximum absolute atomic E-state index is 12.5. The number of piperidine rings is 1. The molecule has 19 heavy (non-hydrogen) atoms. The van der Waals surface area contributed by atoms with Gasteiger partial charge in [0.1, 0.15) is 0 Å². The van der Waals surface area contributed by atoms with Gasteiger partial charge in [0, 0.05) is 19.0 Å². The Hall–Kier alpha value is -1.84. The molecule has 2 N–H and O–H groups in total. The molecule has 2 aliphatic rings. The first kappa shape index (κ1) is 12.2. The van der Waals surface area contributed by atoms with Crippen molar-refractivity contribution in [2.45, 2.75) is 37.1 Å². The molecule has 4 nitrogen and oxygen atoms in total. The number of hydrogen-bond donors (Lipinski definition) is 2. The summed E-state index contributed by atoms with van der Waals surface area (Å²) < 4.78 is 0. The zero-order valence-electron chi connectivity index (χ0n) is 10.8. The maximum atomic E-state index is 12.5. The molecule has 4 heteroatoms. The fraction of sp³-hybridized carbons (Fsp3) is 0.467. The molecule has 0 aromatic heterocycles. The van der Waals surface area contributed by atoms with Gasteiger partial charge in [-0.3, -0.25) is 9.59 Å². The van der Waals surface area contributed by atoms with Crippen LogP contribution >= 0.6 is 0 Å². The van der Waals surface area contributed by atoms with Crippen LogP contribution in [-0.4, -0.2) is 24.4 Å². The van der Waals surface area contributed by atoms with Gasteiger partial charge in [0.15, 0.2) is 0 Å². The quantitative estimate of drug-likeness (QED) is 0.853. The average molecular weight is 258 g/mol. The minimum Gasteiger partial charge on any atom is -0.354 e. The molecule has 1 aliphatic heterocycles. The predicted molar refractivity (Wildman–Crippen MR) is 71.5 cm³/mol. The Balaban J connectivity index is 1.66. The van der Waals surface area contributed by atoms with Gasteiger partial charge in [-0.15, -0.1) is 0 Å². The third-order valence-electron chi connectivity index (χ3n) is 4.11. The number of carbonyl (C=O) groups excluding carboxylic acids is 2. The first-order valence-corrected chi connectivity index (χ1v) is 6.84. The number of rotatable bonds is 3. The Morgan fingerprint density at radius 3 is 2.58 bits per heavy atom. The van der Waals surface area contributed by atoms with Crippen LogP contribution in [0.4, 0.5) is 0 Å². The van der Waals surface area contributed by atoms with Crippen LogP contribution in [0.5, 0.6) is 0 Å². The molecular weight excluding hydrogens is 240 g/mol. The zero-order valence-corrected chi connectivity index (χ0v) is 10.8. The molecule has 1 atom stereocenters. The monoisotopic (exact) mass is 258 g/mol. The smallest absolute Gasteiger partial charge is 0.230 e. The topological polar surface area (TPSA) is 58.2 Å². The zero-order chi connectivity index (χ0) is 13.3. The van der Waals surface area contributed by atoms with Gasteiger partial charge in [-0.25, -0.2) is 0 Å². The normalized spacial score (nSPS) is 24.4. The van der Waals surface area contributed by atoms with Crippen LogP contribution in [-0.2, 0) is 15.0 Å². The molecule has 1 saturated carbocycles. The number of hydrogen-bond acceptors (Lipinski definition) is 2. The van der Waals surface area contributed by atoms with Crippen LogP contribution in [0.15, 0.2) is 30.3 Å². The summed E-state index contributed by atoms with van der Waals surface area (Å²) in [6.07, 6.45) is 3.08. The fourth-order valence-corrected chi connectivity index (χ4v) is 2.71. The minimum absolute atomic E-state index is 0.0754. The molecule has 0 bridgehead atoms. The van der Waals surface area contributed by atoms with Crippen LogP contribution in [0.25, 0.3) is 0 Å². The van der Waals surface area contributed by atoms with E-state index in [0.29, 0.717) is 13.0 Å². The van der Waals surface area contributed by atoms with Gasteiger partial charge in [-0.05, 0) is 24.8 Å². The molecule has 2 amide bonds. The molecule has 2 fully saturated rings. The number of benzene rings is 1. The second-order valence-electron chi connectivity index (χ2n) is 5.46. The van der Waals surface area contributed by atoms with Crippen molar-refractivity contribution in [3.63, 3.8) is 0 Å². The molecule has 1 aliphatic carbocycles. The van der Waals surface area contributed by atoms with E-state index in [9.17, 15) is 9.59 Å². The van der Waals surface area contributed by atoms with E-state index < -0.39 is 0 Å². The molecule has 3 rings (SSSR count). The van der Waals surface area contributed by atoms with E-state index in [-0.39, 0.29) is 23.3 Å². The van der Waals surface area contributed by atoms with Gasteiger partial charge in [0.2, 0.25) is 11.8 Å². The second kappa shape index (κ2) is 4.68. The van der Waals surface area contributed by atoms with Crippen LogP contribution < -0.4 is 10.6 Å². The van der Waals surface area contributed by atoms with Crippen molar-refractivity contribution in [1.29, 1.82) is 0 Å². The van der Waals surface area contributed by atoms with E-state index in [2.05, 4.69) is 10.6 Å². The van der Waals surface area contributed by atoms with Crippen LogP contribution in [0, 0.1) is 0 Å². The van der Waals surface area contributed by atoms with Crippen LogP contribution in [0.2, 0.25) is 0 Å². The lowest BCUT2D eigenvalue weighted by molar-refractivity contribution is -0.127. The second-order valence-corrected chi connectivity index (χ2v) is 5.46. The number of nitrogens with one attached hydrogen (secondary N) is 2. The summed E-state index contributed by atoms with van der Waals surface area (Å²) in [5.41, 5.74) is 0.787. The Morgan fingerprint density at radius 2 is 2.00 bits per heavy atom. The van der Waals surface area contributed by atoms with Crippen molar-refractivity contribution in [3.05, 3.63) is 35.9 Å². The Bertz CT molecular complexity index is 484. The van der Waals surface area contributed by atoms with Gasteiger partial charge in [0.25, 0.3) is 0 Å². The standard InChI is InChI=1S/C15H18N2O2/c18-13-7-6-12(10-16-13)17-14(19)15(8-9-15)11-4-2-1-3-5-11/h1-5,12H,6-10H2,(H,16,18)(H,17,19). The van der Waals surface area contributed by atoms with E-state index in [1.165, 1.54) is 0 Å². The SMILES string of the molecule is O=C1CCC(NC(=O)C2(c3ccccc3)CC2)CN1. The van der Waals surface area contributed by atoms with E-state index in [1.54, 1.807) is 0 Å². The van der Waals surface area contributed by atoms with Crippen LogP contribution in [0.1, 0.15) is 31.2 Å². The van der Waals surface area contributed by atoms with E-state index in [4.69, 9.17) is 0 Å². The first-order valence-electron chi connectivity index (χ1n) is 6.84. The summed E-state index contributed by atoms with van der Waals surface area (Å²) in [5.74, 6) is 0.189. The van der Waals surface area contributed by atoms with Gasteiger partial charge < -0.3 is 10.6 Å². The third kappa shape index (κ3) is 2.35. The van der Waals surface area contributed by atoms with Crippen molar-refractivity contribution in [2.75, 3.05) is 6.54 Å². The average Bonchev–Trinajstić information content (AvgIpc) is 3.24. The largest absolute Gasteiger partial charge is 0.354 e. The summed E-state index contributed by atoms with van der Waals surface area (Å²) in [6, 6.07) is 10.0. The van der Waals surface area contributed by atoms with Crippen molar-refractivity contribution in [2.24, 2.45) is 0 Å². The molecule has 1 heterocycles. The Labute approximate surface area is 112 Å². The van der Waals surface area contributed by atoms with E-state index >= 15 is 0 Å². The van der Waals surface area contributed by atoms with Gasteiger partial charge in [-0.1, -0.05) is 30.3 Å². The van der Waals surface area contributed by atoms with Gasteiger partial charge in [0.05, 0.1) is 5.41 Å². The minimum atomic E-state index is -0.317. The van der Waals surface area contributed by atoms with Crippen molar-refractivity contribution >= 4 is 11.8 Å². The molecule has 1 unspecified atom stereocenters. The molecule has 0 spiro atoms. The predicted octanol–water partition coefficient (Wildman–Crippen LogP) is 1.11. The fourth-order valence-electron chi connectivity index (χ4n) is 2.71. The summed E-state index contributed by atoms with van der Waals surface area (Å²) >= 11 is 0. The van der Waals surface area contributed by atoms with Crippen molar-refractivity contribution in [1.82, 2.24) is 10.6 Å². The molecule has 1 aromatic rings. The highest BCUT2D eigenvalue weighted by molar-refractivity contribution is 5.91. The Morgan fingerprint density at radius 1 is 1.26 bits per heavy atom. The van der Waals surface area contributed by atoms with Crippen molar-refractivity contribution in [3.8, 4) is 0 Å². The lowest BCUT2D eigenvalue weighted by atomic mass is 9.94.